The lowest BCUT2D eigenvalue weighted by atomic mass is 10.1. The maximum absolute atomic E-state index is 10.2. The predicted octanol–water partition coefficient (Wildman–Crippen LogP) is -1.29. The number of hydrogen-bond acceptors (Lipinski definition) is 4. The van der Waals surface area contributed by atoms with E-state index in [0.29, 0.717) is 0 Å². The number of rotatable bonds is 1. The minimum absolute atomic E-state index is 0.181. The van der Waals surface area contributed by atoms with Crippen LogP contribution in [0.2, 0.25) is 0 Å². The maximum atomic E-state index is 10.2. The van der Waals surface area contributed by atoms with Gasteiger partial charge in [0.15, 0.2) is 0 Å². The largest absolute Gasteiger partial charge is 0.484 e. The number of aliphatic hydroxyl groups excluding tert-OH is 2. The molecule has 0 aromatic carbocycles. The van der Waals surface area contributed by atoms with Gasteiger partial charge in [-0.1, -0.05) is 0 Å². The molecule has 3 N–H and O–H groups in total. The highest BCUT2D eigenvalue weighted by Gasteiger charge is 2.24. The molecule has 62 valence electrons. The molecule has 0 radical (unpaired) electrons. The molecule has 0 saturated heterocycles. The highest BCUT2D eigenvalue weighted by molar-refractivity contribution is 5.84. The molecule has 5 nitrogen and oxygen atoms in total. The van der Waals surface area contributed by atoms with Gasteiger partial charge in [-0.15, -0.1) is 0 Å². The van der Waals surface area contributed by atoms with Gasteiger partial charge in [-0.2, -0.15) is 0 Å². The second-order valence-electron chi connectivity index (χ2n) is 2.21. The van der Waals surface area contributed by atoms with E-state index in [-0.39, 0.29) is 12.4 Å². The van der Waals surface area contributed by atoms with Crippen molar-refractivity contribution in [2.45, 2.75) is 12.2 Å². The Labute approximate surface area is 62.5 Å². The van der Waals surface area contributed by atoms with Crippen molar-refractivity contribution in [3.63, 3.8) is 0 Å². The summed E-state index contributed by atoms with van der Waals surface area (Å²) in [6, 6.07) is 0. The molecule has 2 atom stereocenters. The molecule has 1 aliphatic rings. The van der Waals surface area contributed by atoms with Crippen molar-refractivity contribution in [1.82, 2.24) is 0 Å². The lowest BCUT2D eigenvalue weighted by Gasteiger charge is -2.21. The lowest BCUT2D eigenvalue weighted by Crippen LogP contribution is -2.34. The molecule has 11 heavy (non-hydrogen) atoms. The van der Waals surface area contributed by atoms with E-state index in [1.807, 2.05) is 0 Å². The highest BCUT2D eigenvalue weighted by atomic mass is 16.5. The smallest absolute Gasteiger partial charge is 0.370 e. The van der Waals surface area contributed by atoms with Crippen molar-refractivity contribution >= 4 is 5.97 Å². The Balaban J connectivity index is 2.71. The summed E-state index contributed by atoms with van der Waals surface area (Å²) in [5.74, 6) is -1.56. The average Bonchev–Trinajstić information content (AvgIpc) is 1.94. The van der Waals surface area contributed by atoms with Gasteiger partial charge in [0.2, 0.25) is 5.76 Å². The number of ether oxygens (including phenoxy) is 1. The first-order valence-corrected chi connectivity index (χ1v) is 3.05. The molecule has 0 aliphatic carbocycles. The van der Waals surface area contributed by atoms with E-state index in [4.69, 9.17) is 15.3 Å². The van der Waals surface area contributed by atoms with E-state index in [1.165, 1.54) is 0 Å². The highest BCUT2D eigenvalue weighted by Crippen LogP contribution is 2.10. The third kappa shape index (κ3) is 1.69. The predicted molar refractivity (Wildman–Crippen MR) is 33.7 cm³/mol. The first-order valence-electron chi connectivity index (χ1n) is 3.05. The SMILES string of the molecule is O=C(O)C1=CC(O)[C@H](O)CO1. The minimum Gasteiger partial charge on any atom is -0.484 e. The second kappa shape index (κ2) is 2.89. The topological polar surface area (TPSA) is 87.0 Å². The number of carboxylic acids is 1. The molecule has 1 heterocycles. The summed E-state index contributed by atoms with van der Waals surface area (Å²) >= 11 is 0. The normalized spacial score (nSPS) is 30.5. The fourth-order valence-corrected chi connectivity index (χ4v) is 0.721. The Morgan fingerprint density at radius 1 is 1.64 bits per heavy atom. The summed E-state index contributed by atoms with van der Waals surface area (Å²) in [5.41, 5.74) is 0. The molecule has 5 heteroatoms. The Morgan fingerprint density at radius 3 is 2.73 bits per heavy atom. The van der Waals surface area contributed by atoms with Crippen molar-refractivity contribution < 1.29 is 24.9 Å². The molecule has 1 unspecified atom stereocenters. The fraction of sp³-hybridized carbons (Fsp3) is 0.500. The zero-order valence-electron chi connectivity index (χ0n) is 5.60. The zero-order valence-corrected chi connectivity index (χ0v) is 5.60. The second-order valence-corrected chi connectivity index (χ2v) is 2.21. The molecule has 0 aromatic heterocycles. The van der Waals surface area contributed by atoms with E-state index in [9.17, 15) is 4.79 Å². The molecule has 0 amide bonds. The van der Waals surface area contributed by atoms with E-state index in [0.717, 1.165) is 6.08 Å². The summed E-state index contributed by atoms with van der Waals surface area (Å²) in [4.78, 5) is 10.2. The summed E-state index contributed by atoms with van der Waals surface area (Å²) in [7, 11) is 0. The van der Waals surface area contributed by atoms with Crippen LogP contribution >= 0.6 is 0 Å². The van der Waals surface area contributed by atoms with Crippen LogP contribution in [0.15, 0.2) is 11.8 Å². The van der Waals surface area contributed by atoms with Gasteiger partial charge < -0.3 is 20.1 Å². The van der Waals surface area contributed by atoms with Crippen molar-refractivity contribution in [2.24, 2.45) is 0 Å². The van der Waals surface area contributed by atoms with Crippen molar-refractivity contribution in [2.75, 3.05) is 6.61 Å². The number of hydrogen-bond donors (Lipinski definition) is 3. The first-order chi connectivity index (χ1) is 5.11. The monoisotopic (exact) mass is 160 g/mol. The van der Waals surface area contributed by atoms with Gasteiger partial charge in [0.25, 0.3) is 0 Å². The molecular formula is C6H8O5. The van der Waals surface area contributed by atoms with Crippen molar-refractivity contribution in [1.29, 1.82) is 0 Å². The summed E-state index contributed by atoms with van der Waals surface area (Å²) < 4.78 is 4.57. The van der Waals surface area contributed by atoms with Crippen LogP contribution in [-0.2, 0) is 9.53 Å². The van der Waals surface area contributed by atoms with Gasteiger partial charge in [-0.25, -0.2) is 4.79 Å². The van der Waals surface area contributed by atoms with E-state index in [2.05, 4.69) is 4.74 Å². The van der Waals surface area contributed by atoms with Gasteiger partial charge in [0, 0.05) is 0 Å². The van der Waals surface area contributed by atoms with Crippen LogP contribution in [0.5, 0.6) is 0 Å². The Morgan fingerprint density at radius 2 is 2.27 bits per heavy atom. The van der Waals surface area contributed by atoms with Crippen LogP contribution in [0.3, 0.4) is 0 Å². The third-order valence-electron chi connectivity index (χ3n) is 1.34. The van der Waals surface area contributed by atoms with Crippen LogP contribution in [-0.4, -0.2) is 40.1 Å². The Hall–Kier alpha value is -1.07. The van der Waals surface area contributed by atoms with Gasteiger partial charge in [0.1, 0.15) is 18.8 Å². The third-order valence-corrected chi connectivity index (χ3v) is 1.34. The van der Waals surface area contributed by atoms with E-state index in [1.54, 1.807) is 0 Å². The summed E-state index contributed by atoms with van der Waals surface area (Å²) in [5, 5.41) is 26.1. The molecule has 0 spiro atoms. The molecule has 0 fully saturated rings. The Bertz CT molecular complexity index is 197. The average molecular weight is 160 g/mol. The van der Waals surface area contributed by atoms with Crippen molar-refractivity contribution in [3.8, 4) is 0 Å². The molecule has 0 aromatic rings. The van der Waals surface area contributed by atoms with Crippen LogP contribution in [0, 0.1) is 0 Å². The van der Waals surface area contributed by atoms with Gasteiger partial charge >= 0.3 is 5.97 Å². The summed E-state index contributed by atoms with van der Waals surface area (Å²) in [6.07, 6.45) is -1.20. The lowest BCUT2D eigenvalue weighted by molar-refractivity contribution is -0.138. The quantitative estimate of drug-likeness (QED) is 0.444. The zero-order chi connectivity index (χ0) is 8.43. The van der Waals surface area contributed by atoms with Crippen LogP contribution in [0.25, 0.3) is 0 Å². The van der Waals surface area contributed by atoms with E-state index >= 15 is 0 Å². The van der Waals surface area contributed by atoms with Crippen LogP contribution in [0.4, 0.5) is 0 Å². The molecule has 0 saturated carbocycles. The maximum Gasteiger partial charge on any atom is 0.370 e. The van der Waals surface area contributed by atoms with Gasteiger partial charge in [0.05, 0.1) is 0 Å². The minimum atomic E-state index is -1.24. The molecular weight excluding hydrogens is 152 g/mol. The van der Waals surface area contributed by atoms with Crippen LogP contribution < -0.4 is 0 Å². The summed E-state index contributed by atoms with van der Waals surface area (Å²) in [6.45, 7) is -0.181. The molecule has 1 rings (SSSR count). The number of aliphatic carboxylic acids is 1. The Kier molecular flexibility index (Phi) is 2.11. The molecule has 0 bridgehead atoms. The molecule has 1 aliphatic heterocycles. The van der Waals surface area contributed by atoms with Crippen molar-refractivity contribution in [3.05, 3.63) is 11.8 Å². The van der Waals surface area contributed by atoms with E-state index < -0.39 is 18.2 Å². The number of carboxylic acid groups (broad SMARTS) is 1. The number of carbonyl (C=O) groups is 1. The number of aliphatic hydroxyl groups is 2. The van der Waals surface area contributed by atoms with Gasteiger partial charge in [-0.3, -0.25) is 0 Å². The van der Waals surface area contributed by atoms with Gasteiger partial charge in [-0.05, 0) is 6.08 Å². The fourth-order valence-electron chi connectivity index (χ4n) is 0.721. The standard InChI is InChI=1S/C6H8O5/c7-3-1-5(6(9)10)11-2-4(3)8/h1,3-4,7-8H,2H2,(H,9,10)/t3?,4-/m1/s1. The first kappa shape index (κ1) is 8.03. The van der Waals surface area contributed by atoms with Crippen LogP contribution in [0.1, 0.15) is 0 Å².